The van der Waals surface area contributed by atoms with Crippen molar-refractivity contribution in [3.63, 3.8) is 0 Å². The van der Waals surface area contributed by atoms with Crippen LogP contribution >= 0.6 is 22.9 Å². The Morgan fingerprint density at radius 1 is 1.33 bits per heavy atom. The predicted octanol–water partition coefficient (Wildman–Crippen LogP) is 2.08. The summed E-state index contributed by atoms with van der Waals surface area (Å²) in [4.78, 5) is 9.38. The molecule has 0 N–H and O–H groups in total. The third-order valence-corrected chi connectivity index (χ3v) is 3.27. The molecule has 0 radical (unpaired) electrons. The number of fused-ring (bicyclic) bond motifs is 1. The predicted molar refractivity (Wildman–Crippen MR) is 60.4 cm³/mol. The molecule has 0 spiro atoms. The maximum Gasteiger partial charge on any atom is 0.216 e. The summed E-state index contributed by atoms with van der Waals surface area (Å²) in [5, 5.41) is 2.67. The molecular weight excluding hydrogens is 228 g/mol. The number of pyridine rings is 1. The highest BCUT2D eigenvalue weighted by molar-refractivity contribution is 7.13. The highest BCUT2D eigenvalue weighted by atomic mass is 32.1. The van der Waals surface area contributed by atoms with Crippen molar-refractivity contribution in [2.45, 2.75) is 0 Å². The fraction of sp³-hybridized carbons (Fsp3) is 0. The quantitative estimate of drug-likeness (QED) is 0.647. The lowest BCUT2D eigenvalue weighted by molar-refractivity contribution is 1.08. The van der Waals surface area contributed by atoms with E-state index in [1.54, 1.807) is 6.20 Å². The van der Waals surface area contributed by atoms with Crippen LogP contribution in [-0.2, 0) is 0 Å². The van der Waals surface area contributed by atoms with Gasteiger partial charge >= 0.3 is 0 Å². The number of hydrogen-bond acceptors (Lipinski definition) is 5. The molecule has 0 aliphatic heterocycles. The van der Waals surface area contributed by atoms with Gasteiger partial charge in [-0.15, -0.1) is 11.3 Å². The number of thiazole rings is 1. The van der Waals surface area contributed by atoms with Gasteiger partial charge in [-0.05, 0) is 12.1 Å². The van der Waals surface area contributed by atoms with Gasteiger partial charge in [-0.3, -0.25) is 4.40 Å². The minimum atomic E-state index is 0.761. The normalized spacial score (nSPS) is 12.4. The third kappa shape index (κ3) is 1.57. The molecule has 0 fully saturated rings. The first kappa shape index (κ1) is 8.75. The van der Waals surface area contributed by atoms with Crippen molar-refractivity contribution in [2.24, 2.45) is 4.99 Å². The third-order valence-electron chi connectivity index (χ3n) is 1.88. The van der Waals surface area contributed by atoms with Gasteiger partial charge in [-0.2, -0.15) is 9.37 Å². The second kappa shape index (κ2) is 3.56. The number of hydrogen-bond donors (Lipinski definition) is 0. The van der Waals surface area contributed by atoms with E-state index in [9.17, 15) is 0 Å². The van der Waals surface area contributed by atoms with Crippen LogP contribution in [0.3, 0.4) is 0 Å². The van der Waals surface area contributed by atoms with E-state index in [0.29, 0.717) is 0 Å². The van der Waals surface area contributed by atoms with E-state index in [0.717, 1.165) is 15.6 Å². The number of rotatable bonds is 1. The van der Waals surface area contributed by atoms with Gasteiger partial charge in [0.1, 0.15) is 0 Å². The minimum absolute atomic E-state index is 0.761. The Morgan fingerprint density at radius 2 is 2.33 bits per heavy atom. The van der Waals surface area contributed by atoms with Crippen molar-refractivity contribution in [1.82, 2.24) is 13.8 Å². The Labute approximate surface area is 93.4 Å². The van der Waals surface area contributed by atoms with E-state index in [2.05, 4.69) is 14.3 Å². The molecule has 0 aliphatic carbocycles. The summed E-state index contributed by atoms with van der Waals surface area (Å²) in [5.74, 6) is 0. The molecule has 0 saturated heterocycles. The van der Waals surface area contributed by atoms with E-state index >= 15 is 0 Å². The molecule has 15 heavy (non-hydrogen) atoms. The van der Waals surface area contributed by atoms with Crippen LogP contribution < -0.4 is 4.80 Å². The zero-order valence-electron chi connectivity index (χ0n) is 7.57. The molecule has 4 nitrogen and oxygen atoms in total. The van der Waals surface area contributed by atoms with Gasteiger partial charge in [-0.1, -0.05) is 6.07 Å². The van der Waals surface area contributed by atoms with Gasteiger partial charge in [0.2, 0.25) is 9.93 Å². The van der Waals surface area contributed by atoms with Gasteiger partial charge in [0.15, 0.2) is 5.65 Å². The van der Waals surface area contributed by atoms with Crippen molar-refractivity contribution in [1.29, 1.82) is 0 Å². The minimum Gasteiger partial charge on any atom is -0.275 e. The molecule has 6 heteroatoms. The lowest BCUT2D eigenvalue weighted by Crippen LogP contribution is -2.04. The van der Waals surface area contributed by atoms with Crippen molar-refractivity contribution < 1.29 is 0 Å². The van der Waals surface area contributed by atoms with Crippen molar-refractivity contribution in [3.8, 4) is 0 Å². The Hall–Kier alpha value is -1.53. The summed E-state index contributed by atoms with van der Waals surface area (Å²) in [5.41, 5.74) is 0.915. The van der Waals surface area contributed by atoms with Crippen LogP contribution in [0.4, 0.5) is 5.13 Å². The fourth-order valence-electron chi connectivity index (χ4n) is 1.23. The molecule has 0 aromatic carbocycles. The second-order valence-corrected chi connectivity index (χ2v) is 4.42. The van der Waals surface area contributed by atoms with Crippen LogP contribution in [0.2, 0.25) is 0 Å². The summed E-state index contributed by atoms with van der Waals surface area (Å²) < 4.78 is 6.24. The molecule has 3 aromatic heterocycles. The highest BCUT2D eigenvalue weighted by Crippen LogP contribution is 2.13. The van der Waals surface area contributed by atoms with Crippen molar-refractivity contribution in [3.05, 3.63) is 40.8 Å². The van der Waals surface area contributed by atoms with E-state index in [-0.39, 0.29) is 0 Å². The Kier molecular flexibility index (Phi) is 2.08. The summed E-state index contributed by atoms with van der Waals surface area (Å²) in [6.45, 7) is 0. The van der Waals surface area contributed by atoms with Crippen LogP contribution in [-0.4, -0.2) is 13.8 Å². The van der Waals surface area contributed by atoms with Gasteiger partial charge in [-0.25, -0.2) is 4.98 Å². The van der Waals surface area contributed by atoms with E-state index in [1.165, 1.54) is 22.9 Å². The molecule has 3 heterocycles. The largest absolute Gasteiger partial charge is 0.275 e. The first-order chi connectivity index (χ1) is 7.43. The van der Waals surface area contributed by atoms with Gasteiger partial charge in [0.25, 0.3) is 0 Å². The molecule has 0 amide bonds. The summed E-state index contributed by atoms with van der Waals surface area (Å²) in [6.07, 6.45) is 3.70. The van der Waals surface area contributed by atoms with Crippen molar-refractivity contribution >= 4 is 33.6 Å². The monoisotopic (exact) mass is 234 g/mol. The van der Waals surface area contributed by atoms with Gasteiger partial charge in [0, 0.05) is 29.3 Å². The second-order valence-electron chi connectivity index (χ2n) is 2.82. The average molecular weight is 234 g/mol. The van der Waals surface area contributed by atoms with Crippen LogP contribution in [0.1, 0.15) is 0 Å². The van der Waals surface area contributed by atoms with Crippen LogP contribution in [0, 0.1) is 0 Å². The van der Waals surface area contributed by atoms with Gasteiger partial charge < -0.3 is 0 Å². The smallest absolute Gasteiger partial charge is 0.216 e. The summed E-state index contributed by atoms with van der Waals surface area (Å²) in [6, 6.07) is 5.88. The Bertz CT molecular complexity index is 635. The van der Waals surface area contributed by atoms with Crippen LogP contribution in [0.15, 0.2) is 41.0 Å². The standard InChI is InChI=1S/C9H6N4S2/c1-2-5-13-7(3-1)12-15-9(13)11-8-10-4-6-14-8/h1-6H/b11-9-. The molecule has 3 aromatic rings. The molecule has 0 bridgehead atoms. The molecule has 3 rings (SSSR count). The first-order valence-corrected chi connectivity index (χ1v) is 5.96. The number of aromatic nitrogens is 3. The van der Waals surface area contributed by atoms with E-state index < -0.39 is 0 Å². The van der Waals surface area contributed by atoms with Gasteiger partial charge in [0.05, 0.1) is 0 Å². The maximum absolute atomic E-state index is 4.42. The van der Waals surface area contributed by atoms with Crippen LogP contribution in [0.5, 0.6) is 0 Å². The lowest BCUT2D eigenvalue weighted by Gasteiger charge is -1.88. The maximum atomic E-state index is 4.42. The molecule has 0 unspecified atom stereocenters. The molecule has 0 aliphatic rings. The summed E-state index contributed by atoms with van der Waals surface area (Å²) >= 11 is 2.89. The lowest BCUT2D eigenvalue weighted by atomic mass is 10.5. The fourth-order valence-corrected chi connectivity index (χ4v) is 2.48. The van der Waals surface area contributed by atoms with E-state index in [1.807, 2.05) is 34.2 Å². The number of nitrogens with zero attached hydrogens (tertiary/aromatic N) is 4. The molecule has 74 valence electrons. The highest BCUT2D eigenvalue weighted by Gasteiger charge is 1.97. The zero-order valence-corrected chi connectivity index (χ0v) is 9.20. The Morgan fingerprint density at radius 3 is 3.20 bits per heavy atom. The zero-order chi connectivity index (χ0) is 10.1. The average Bonchev–Trinajstić information content (AvgIpc) is 2.89. The van der Waals surface area contributed by atoms with Crippen molar-refractivity contribution in [2.75, 3.05) is 0 Å². The summed E-state index contributed by atoms with van der Waals surface area (Å²) in [7, 11) is 0. The van der Waals surface area contributed by atoms with Crippen LogP contribution in [0.25, 0.3) is 5.65 Å². The molecule has 0 atom stereocenters. The molecular formula is C9H6N4S2. The Balaban J connectivity index is 2.28. The molecule has 0 saturated carbocycles. The first-order valence-electron chi connectivity index (χ1n) is 4.31. The SMILES string of the molecule is c1ccn2/c(=N/c3nccs3)snc2c1. The topological polar surface area (TPSA) is 42.5 Å². The van der Waals surface area contributed by atoms with E-state index in [4.69, 9.17) is 0 Å².